The molecule has 0 unspecified atom stereocenters. The maximum atomic E-state index is 12.5. The highest BCUT2D eigenvalue weighted by atomic mass is 19.4. The number of halogens is 3. The molecule has 0 bridgehead atoms. The zero-order valence-electron chi connectivity index (χ0n) is 14.0. The zero-order chi connectivity index (χ0) is 18.9. The maximum Gasteiger partial charge on any atom is 0.573 e. The number of benzene rings is 1. The fraction of sp³-hybridized carbons (Fsp3) is 0.333. The Labute approximate surface area is 147 Å². The van der Waals surface area contributed by atoms with Gasteiger partial charge in [-0.25, -0.2) is 0 Å². The van der Waals surface area contributed by atoms with Crippen LogP contribution in [-0.4, -0.2) is 23.0 Å². The summed E-state index contributed by atoms with van der Waals surface area (Å²) in [6.45, 7) is 1.55. The largest absolute Gasteiger partial charge is 0.573 e. The average Bonchev–Trinajstić information content (AvgIpc) is 2.91. The van der Waals surface area contributed by atoms with E-state index in [0.717, 1.165) is 12.1 Å². The Kier molecular flexibility index (Phi) is 4.76. The average molecular weight is 366 g/mol. The Morgan fingerprint density at radius 1 is 1.27 bits per heavy atom. The first kappa shape index (κ1) is 18.0. The molecule has 0 atom stereocenters. The van der Waals surface area contributed by atoms with E-state index in [1.54, 1.807) is 13.0 Å². The summed E-state index contributed by atoms with van der Waals surface area (Å²) in [6.07, 6.45) is -2.93. The van der Waals surface area contributed by atoms with Gasteiger partial charge in [0.05, 0.1) is 0 Å². The minimum Gasteiger partial charge on any atom is -0.405 e. The standard InChI is InChI=1S/C18H17F3N2O3/c1-10-15-12(6-4-7-13(15)24)23-16(10)17(25)22-9-11-5-2-3-8-14(11)26-18(19,20)21/h2-3,5,8,23H,4,6-7,9H2,1H3,(H,22,25). The number of hydrogen-bond acceptors (Lipinski definition) is 3. The number of para-hydroxylation sites is 1. The van der Waals surface area contributed by atoms with Crippen molar-refractivity contribution in [1.82, 2.24) is 10.3 Å². The number of ketones is 1. The van der Waals surface area contributed by atoms with Gasteiger partial charge in [0.25, 0.3) is 5.91 Å². The van der Waals surface area contributed by atoms with E-state index in [1.807, 2.05) is 0 Å². The molecule has 8 heteroatoms. The van der Waals surface area contributed by atoms with E-state index in [9.17, 15) is 22.8 Å². The predicted molar refractivity (Wildman–Crippen MR) is 87.1 cm³/mol. The van der Waals surface area contributed by atoms with Gasteiger partial charge in [-0.3, -0.25) is 9.59 Å². The summed E-state index contributed by atoms with van der Waals surface area (Å²) in [5.74, 6) is -0.840. The first-order chi connectivity index (χ1) is 12.3. The molecule has 1 heterocycles. The van der Waals surface area contributed by atoms with Crippen LogP contribution < -0.4 is 10.1 Å². The number of ether oxygens (including phenoxy) is 1. The van der Waals surface area contributed by atoms with Gasteiger partial charge in [0.2, 0.25) is 0 Å². The van der Waals surface area contributed by atoms with Gasteiger partial charge in [-0.2, -0.15) is 0 Å². The van der Waals surface area contributed by atoms with E-state index in [0.29, 0.717) is 24.0 Å². The van der Waals surface area contributed by atoms with Gasteiger partial charge in [0.1, 0.15) is 11.4 Å². The fourth-order valence-corrected chi connectivity index (χ4v) is 3.14. The molecule has 1 amide bonds. The lowest BCUT2D eigenvalue weighted by Crippen LogP contribution is -2.25. The van der Waals surface area contributed by atoms with Crippen molar-refractivity contribution < 1.29 is 27.5 Å². The second-order valence-corrected chi connectivity index (χ2v) is 6.09. The van der Waals surface area contributed by atoms with Gasteiger partial charge in [0, 0.05) is 29.8 Å². The van der Waals surface area contributed by atoms with Crippen molar-refractivity contribution >= 4 is 11.7 Å². The molecule has 1 aromatic carbocycles. The van der Waals surface area contributed by atoms with Crippen molar-refractivity contribution in [2.45, 2.75) is 39.1 Å². The number of Topliss-reactive ketones (excluding diaryl/α,β-unsaturated/α-hetero) is 1. The minimum atomic E-state index is -4.81. The highest BCUT2D eigenvalue weighted by molar-refractivity contribution is 6.04. The van der Waals surface area contributed by atoms with Crippen molar-refractivity contribution in [2.24, 2.45) is 0 Å². The number of aromatic amines is 1. The molecule has 2 N–H and O–H groups in total. The summed E-state index contributed by atoms with van der Waals surface area (Å²) in [5.41, 5.74) is 2.33. The van der Waals surface area contributed by atoms with E-state index < -0.39 is 12.3 Å². The number of nitrogens with one attached hydrogen (secondary N) is 2. The van der Waals surface area contributed by atoms with Crippen molar-refractivity contribution in [1.29, 1.82) is 0 Å². The highest BCUT2D eigenvalue weighted by Crippen LogP contribution is 2.28. The Morgan fingerprint density at radius 3 is 2.69 bits per heavy atom. The molecular weight excluding hydrogens is 349 g/mol. The number of carbonyl (C=O) groups is 2. The number of hydrogen-bond donors (Lipinski definition) is 2. The molecule has 5 nitrogen and oxygen atoms in total. The highest BCUT2D eigenvalue weighted by Gasteiger charge is 2.32. The van der Waals surface area contributed by atoms with Gasteiger partial charge in [-0.1, -0.05) is 18.2 Å². The third kappa shape index (κ3) is 3.74. The molecule has 1 aliphatic rings. The van der Waals surface area contributed by atoms with E-state index >= 15 is 0 Å². The molecule has 0 radical (unpaired) electrons. The van der Waals surface area contributed by atoms with Crippen LogP contribution in [0.25, 0.3) is 0 Å². The van der Waals surface area contributed by atoms with Gasteiger partial charge in [0.15, 0.2) is 5.78 Å². The van der Waals surface area contributed by atoms with Crippen molar-refractivity contribution in [3.63, 3.8) is 0 Å². The minimum absolute atomic E-state index is 0.00275. The smallest absolute Gasteiger partial charge is 0.405 e. The molecule has 0 saturated heterocycles. The summed E-state index contributed by atoms with van der Waals surface area (Å²) < 4.78 is 41.3. The van der Waals surface area contributed by atoms with Gasteiger partial charge in [-0.05, 0) is 31.4 Å². The van der Waals surface area contributed by atoms with Crippen molar-refractivity contribution in [3.05, 3.63) is 52.3 Å². The lowest BCUT2D eigenvalue weighted by molar-refractivity contribution is -0.274. The van der Waals surface area contributed by atoms with Crippen LogP contribution in [0.5, 0.6) is 5.75 Å². The number of amides is 1. The summed E-state index contributed by atoms with van der Waals surface area (Å²) in [4.78, 5) is 27.4. The van der Waals surface area contributed by atoms with Gasteiger partial charge >= 0.3 is 6.36 Å². The van der Waals surface area contributed by atoms with Gasteiger partial charge in [-0.15, -0.1) is 13.2 Å². The predicted octanol–water partition coefficient (Wildman–Crippen LogP) is 3.67. The number of aromatic nitrogens is 1. The summed E-state index contributed by atoms with van der Waals surface area (Å²) in [7, 11) is 0. The third-order valence-corrected chi connectivity index (χ3v) is 4.30. The summed E-state index contributed by atoms with van der Waals surface area (Å²) in [6, 6.07) is 5.60. The van der Waals surface area contributed by atoms with Crippen LogP contribution in [0.15, 0.2) is 24.3 Å². The van der Waals surface area contributed by atoms with Crippen LogP contribution in [0.2, 0.25) is 0 Å². The molecule has 26 heavy (non-hydrogen) atoms. The molecule has 1 aliphatic carbocycles. The lowest BCUT2D eigenvalue weighted by atomic mass is 9.94. The monoisotopic (exact) mass is 366 g/mol. The SMILES string of the molecule is Cc1c(C(=O)NCc2ccccc2OC(F)(F)F)[nH]c2c1C(=O)CCC2. The molecule has 0 spiro atoms. The fourth-order valence-electron chi connectivity index (χ4n) is 3.14. The maximum absolute atomic E-state index is 12.5. The quantitative estimate of drug-likeness (QED) is 0.867. The first-order valence-corrected chi connectivity index (χ1v) is 8.13. The van der Waals surface area contributed by atoms with Crippen LogP contribution in [0.1, 0.15) is 50.5 Å². The second-order valence-electron chi connectivity index (χ2n) is 6.09. The first-order valence-electron chi connectivity index (χ1n) is 8.13. The molecule has 1 aromatic heterocycles. The Bertz CT molecular complexity index is 856. The molecule has 0 saturated carbocycles. The van der Waals surface area contributed by atoms with E-state index in [-0.39, 0.29) is 29.3 Å². The van der Waals surface area contributed by atoms with Crippen molar-refractivity contribution in [2.75, 3.05) is 0 Å². The number of carbonyl (C=O) groups excluding carboxylic acids is 2. The Morgan fingerprint density at radius 2 is 2.00 bits per heavy atom. The number of aryl methyl sites for hydroxylation is 1. The molecular formula is C18H17F3N2O3. The summed E-state index contributed by atoms with van der Waals surface area (Å²) in [5, 5.41) is 2.58. The molecule has 138 valence electrons. The van der Waals surface area contributed by atoms with Crippen LogP contribution in [0.4, 0.5) is 13.2 Å². The normalized spacial score (nSPS) is 14.1. The van der Waals surface area contributed by atoms with Crippen LogP contribution >= 0.6 is 0 Å². The molecule has 2 aromatic rings. The van der Waals surface area contributed by atoms with E-state index in [2.05, 4.69) is 15.0 Å². The number of H-pyrrole nitrogens is 1. The number of fused-ring (bicyclic) bond motifs is 1. The lowest BCUT2D eigenvalue weighted by Gasteiger charge is -2.13. The van der Waals surface area contributed by atoms with Crippen LogP contribution in [0, 0.1) is 6.92 Å². The van der Waals surface area contributed by atoms with E-state index in [4.69, 9.17) is 0 Å². The van der Waals surface area contributed by atoms with Crippen LogP contribution in [-0.2, 0) is 13.0 Å². The van der Waals surface area contributed by atoms with Gasteiger partial charge < -0.3 is 15.0 Å². The second kappa shape index (κ2) is 6.86. The van der Waals surface area contributed by atoms with Crippen LogP contribution in [0.3, 0.4) is 0 Å². The summed E-state index contributed by atoms with van der Waals surface area (Å²) >= 11 is 0. The van der Waals surface area contributed by atoms with E-state index in [1.165, 1.54) is 18.2 Å². The third-order valence-electron chi connectivity index (χ3n) is 4.30. The van der Waals surface area contributed by atoms with Crippen molar-refractivity contribution in [3.8, 4) is 5.75 Å². The molecule has 0 aliphatic heterocycles. The zero-order valence-corrected chi connectivity index (χ0v) is 14.0. The number of alkyl halides is 3. The molecule has 3 rings (SSSR count). The molecule has 0 fully saturated rings. The number of rotatable bonds is 4. The Balaban J connectivity index is 1.76. The topological polar surface area (TPSA) is 71.2 Å². The Hall–Kier alpha value is -2.77.